The molecule has 0 fully saturated rings. The maximum Gasteiger partial charge on any atom is 0.342 e. The molecule has 1 aliphatic heterocycles. The summed E-state index contributed by atoms with van der Waals surface area (Å²) < 4.78 is 10.4. The Balaban J connectivity index is 2.40. The third-order valence-electron chi connectivity index (χ3n) is 4.53. The second kappa shape index (κ2) is 6.95. The number of aliphatic carboxylic acids is 1. The molecule has 1 aromatic carbocycles. The number of rotatable bonds is 6. The number of allylic oxidation sites excluding steroid dienone is 2. The zero-order valence-electron chi connectivity index (χ0n) is 14.3. The molecule has 1 atom stereocenters. The minimum Gasteiger partial charge on any atom is -0.507 e. The van der Waals surface area contributed by atoms with Gasteiger partial charge in [0.25, 0.3) is 0 Å². The number of carboxylic acid groups (broad SMARTS) is 1. The maximum absolute atomic E-state index is 11.9. The highest BCUT2D eigenvalue weighted by atomic mass is 16.5. The van der Waals surface area contributed by atoms with Gasteiger partial charge in [-0.3, -0.25) is 4.79 Å². The number of carboxylic acids is 1. The molecule has 0 saturated carbocycles. The van der Waals surface area contributed by atoms with Gasteiger partial charge in [0, 0.05) is 11.1 Å². The van der Waals surface area contributed by atoms with Crippen molar-refractivity contribution in [2.75, 3.05) is 7.11 Å². The fraction of sp³-hybridized carbons (Fsp3) is 0.444. The second-order valence-corrected chi connectivity index (χ2v) is 6.07. The average molecular weight is 334 g/mol. The quantitative estimate of drug-likeness (QED) is 0.614. The number of fused-ring (bicyclic) bond motifs is 1. The highest BCUT2D eigenvalue weighted by Crippen LogP contribution is 2.42. The van der Waals surface area contributed by atoms with E-state index < -0.39 is 11.9 Å². The van der Waals surface area contributed by atoms with Crippen molar-refractivity contribution in [3.8, 4) is 11.5 Å². The van der Waals surface area contributed by atoms with E-state index in [-0.39, 0.29) is 30.3 Å². The van der Waals surface area contributed by atoms with Gasteiger partial charge in [0.15, 0.2) is 0 Å². The minimum atomic E-state index is -0.855. The van der Waals surface area contributed by atoms with Gasteiger partial charge in [-0.15, -0.1) is 0 Å². The zero-order chi connectivity index (χ0) is 18.0. The standard InChI is InChI=1S/C18H22O6/c1-9(10(2)7-14(19)20)5-6-12-16(21)15-13(8-24-18(15)22)11(3)17(12)23-4/h5,10,21H,6-8H2,1-4H3,(H,19,20)/b9-5+. The number of esters is 1. The van der Waals surface area contributed by atoms with Crippen molar-refractivity contribution in [3.63, 3.8) is 0 Å². The highest BCUT2D eigenvalue weighted by Gasteiger charge is 2.31. The summed E-state index contributed by atoms with van der Waals surface area (Å²) in [6.45, 7) is 5.65. The van der Waals surface area contributed by atoms with Crippen molar-refractivity contribution in [1.82, 2.24) is 0 Å². The topological polar surface area (TPSA) is 93.1 Å². The molecule has 0 radical (unpaired) electrons. The van der Waals surface area contributed by atoms with Crippen molar-refractivity contribution in [1.29, 1.82) is 0 Å². The number of ether oxygens (including phenoxy) is 2. The van der Waals surface area contributed by atoms with E-state index >= 15 is 0 Å². The third kappa shape index (κ3) is 3.22. The summed E-state index contributed by atoms with van der Waals surface area (Å²) in [7, 11) is 1.51. The van der Waals surface area contributed by atoms with Gasteiger partial charge in [0.1, 0.15) is 23.7 Å². The number of cyclic esters (lactones) is 1. The summed E-state index contributed by atoms with van der Waals surface area (Å²) in [6, 6.07) is 0. The Labute approximate surface area is 140 Å². The number of methoxy groups -OCH3 is 1. The van der Waals surface area contributed by atoms with Crippen LogP contribution in [0.3, 0.4) is 0 Å². The number of benzene rings is 1. The van der Waals surface area contributed by atoms with Crippen LogP contribution in [0.1, 0.15) is 47.3 Å². The van der Waals surface area contributed by atoms with Gasteiger partial charge in [0.2, 0.25) is 0 Å². The lowest BCUT2D eigenvalue weighted by Crippen LogP contribution is -2.06. The van der Waals surface area contributed by atoms with Crippen LogP contribution in [0.4, 0.5) is 0 Å². The van der Waals surface area contributed by atoms with E-state index in [4.69, 9.17) is 14.6 Å². The lowest BCUT2D eigenvalue weighted by atomic mass is 9.93. The summed E-state index contributed by atoms with van der Waals surface area (Å²) in [5.41, 5.74) is 3.04. The van der Waals surface area contributed by atoms with E-state index in [1.165, 1.54) is 7.11 Å². The zero-order valence-corrected chi connectivity index (χ0v) is 14.3. The first-order chi connectivity index (χ1) is 11.3. The average Bonchev–Trinajstić information content (AvgIpc) is 2.90. The summed E-state index contributed by atoms with van der Waals surface area (Å²) in [6.07, 6.45) is 2.24. The van der Waals surface area contributed by atoms with Crippen LogP contribution in [0.25, 0.3) is 0 Å². The van der Waals surface area contributed by atoms with E-state index in [0.29, 0.717) is 23.3 Å². The Morgan fingerprint density at radius 2 is 2.12 bits per heavy atom. The van der Waals surface area contributed by atoms with Gasteiger partial charge >= 0.3 is 11.9 Å². The molecule has 1 heterocycles. The number of hydrogen-bond acceptors (Lipinski definition) is 5. The lowest BCUT2D eigenvalue weighted by Gasteiger charge is -2.16. The Bertz CT molecular complexity index is 717. The Kier molecular flexibility index (Phi) is 5.17. The summed E-state index contributed by atoms with van der Waals surface area (Å²) in [4.78, 5) is 22.7. The Morgan fingerprint density at radius 3 is 2.71 bits per heavy atom. The molecule has 1 aliphatic rings. The van der Waals surface area contributed by atoms with Gasteiger partial charge in [-0.05, 0) is 31.7 Å². The molecule has 0 aliphatic carbocycles. The van der Waals surface area contributed by atoms with E-state index in [1.54, 1.807) is 0 Å². The number of carbonyl (C=O) groups excluding carboxylic acids is 1. The van der Waals surface area contributed by atoms with E-state index in [9.17, 15) is 14.7 Å². The van der Waals surface area contributed by atoms with Crippen LogP contribution >= 0.6 is 0 Å². The number of phenolic OH excluding ortho intramolecular Hbond substituents is 1. The van der Waals surface area contributed by atoms with Crippen molar-refractivity contribution in [2.24, 2.45) is 5.92 Å². The van der Waals surface area contributed by atoms with Crippen molar-refractivity contribution in [2.45, 2.75) is 40.2 Å². The van der Waals surface area contributed by atoms with Crippen LogP contribution in [-0.4, -0.2) is 29.3 Å². The van der Waals surface area contributed by atoms with Crippen LogP contribution < -0.4 is 4.74 Å². The predicted octanol–water partition coefficient (Wildman–Crippen LogP) is 2.98. The van der Waals surface area contributed by atoms with Crippen molar-refractivity contribution in [3.05, 3.63) is 33.9 Å². The number of hydrogen-bond donors (Lipinski definition) is 2. The molecule has 24 heavy (non-hydrogen) atoms. The molecule has 0 spiro atoms. The maximum atomic E-state index is 11.9. The molecule has 0 saturated heterocycles. The van der Waals surface area contributed by atoms with Gasteiger partial charge < -0.3 is 19.7 Å². The first-order valence-corrected chi connectivity index (χ1v) is 7.74. The number of phenols is 1. The predicted molar refractivity (Wildman–Crippen MR) is 87.4 cm³/mol. The van der Waals surface area contributed by atoms with Crippen LogP contribution in [0.15, 0.2) is 11.6 Å². The molecule has 1 unspecified atom stereocenters. The van der Waals surface area contributed by atoms with Crippen LogP contribution in [0.2, 0.25) is 0 Å². The first-order valence-electron chi connectivity index (χ1n) is 7.74. The molecule has 0 amide bonds. The molecular weight excluding hydrogens is 312 g/mol. The lowest BCUT2D eigenvalue weighted by molar-refractivity contribution is -0.137. The van der Waals surface area contributed by atoms with E-state index in [2.05, 4.69) is 0 Å². The molecule has 6 heteroatoms. The van der Waals surface area contributed by atoms with E-state index in [0.717, 1.165) is 11.1 Å². The molecule has 2 rings (SSSR count). The summed E-state index contributed by atoms with van der Waals surface area (Å²) in [5.74, 6) is -1.10. The third-order valence-corrected chi connectivity index (χ3v) is 4.53. The molecule has 1 aromatic rings. The van der Waals surface area contributed by atoms with Gasteiger partial charge in [-0.25, -0.2) is 4.79 Å². The SMILES string of the molecule is COc1c(C)c2c(c(O)c1C/C=C(\C)C(C)CC(=O)O)C(=O)OC2. The van der Waals surface area contributed by atoms with Crippen LogP contribution in [0.5, 0.6) is 11.5 Å². The fourth-order valence-electron chi connectivity index (χ4n) is 2.92. The van der Waals surface area contributed by atoms with Crippen LogP contribution in [-0.2, 0) is 22.6 Å². The number of aromatic hydroxyl groups is 1. The molecule has 0 bridgehead atoms. The fourth-order valence-corrected chi connectivity index (χ4v) is 2.92. The van der Waals surface area contributed by atoms with Crippen LogP contribution in [0, 0.1) is 12.8 Å². The highest BCUT2D eigenvalue weighted by molar-refractivity contribution is 5.98. The van der Waals surface area contributed by atoms with E-state index in [1.807, 2.05) is 26.8 Å². The largest absolute Gasteiger partial charge is 0.507 e. The Hall–Kier alpha value is -2.50. The van der Waals surface area contributed by atoms with Gasteiger partial charge in [0.05, 0.1) is 13.5 Å². The monoisotopic (exact) mass is 334 g/mol. The van der Waals surface area contributed by atoms with Crippen molar-refractivity contribution < 1.29 is 29.3 Å². The van der Waals surface area contributed by atoms with Gasteiger partial charge in [-0.1, -0.05) is 18.6 Å². The first kappa shape index (κ1) is 17.8. The molecule has 6 nitrogen and oxygen atoms in total. The number of carbonyl (C=O) groups is 2. The molecule has 0 aromatic heterocycles. The van der Waals surface area contributed by atoms with Crippen molar-refractivity contribution >= 4 is 11.9 Å². The smallest absolute Gasteiger partial charge is 0.342 e. The Morgan fingerprint density at radius 1 is 1.46 bits per heavy atom. The summed E-state index contributed by atoms with van der Waals surface area (Å²) >= 11 is 0. The molecular formula is C18H22O6. The normalized spacial score (nSPS) is 15.0. The molecule has 130 valence electrons. The molecule has 2 N–H and O–H groups in total. The second-order valence-electron chi connectivity index (χ2n) is 6.07. The summed E-state index contributed by atoms with van der Waals surface area (Å²) in [5, 5.41) is 19.4. The van der Waals surface area contributed by atoms with Gasteiger partial charge in [-0.2, -0.15) is 0 Å². The minimum absolute atomic E-state index is 0.0427.